The fourth-order valence-corrected chi connectivity index (χ4v) is 3.45. The van der Waals surface area contributed by atoms with Gasteiger partial charge in [-0.1, -0.05) is 31.5 Å². The molecule has 1 aliphatic rings. The van der Waals surface area contributed by atoms with Gasteiger partial charge in [-0.25, -0.2) is 4.79 Å². The van der Waals surface area contributed by atoms with Crippen LogP contribution in [-0.2, 0) is 11.3 Å². The Balaban J connectivity index is 1.79. The van der Waals surface area contributed by atoms with Crippen molar-refractivity contribution in [2.45, 2.75) is 52.3 Å². The maximum Gasteiger partial charge on any atom is 0.323 e. The van der Waals surface area contributed by atoms with Crippen molar-refractivity contribution >= 4 is 34.9 Å². The summed E-state index contributed by atoms with van der Waals surface area (Å²) in [5, 5.41) is 6.12. The van der Waals surface area contributed by atoms with Crippen molar-refractivity contribution in [1.82, 2.24) is 4.90 Å². The van der Waals surface area contributed by atoms with Crippen LogP contribution in [0.1, 0.15) is 39.2 Å². The molecule has 1 heterocycles. The Labute approximate surface area is 176 Å². The lowest BCUT2D eigenvalue weighted by Crippen LogP contribution is -2.43. The molecule has 29 heavy (non-hydrogen) atoms. The minimum Gasteiger partial charge on any atom is -0.480 e. The molecule has 7 heteroatoms. The van der Waals surface area contributed by atoms with Crippen molar-refractivity contribution in [2.24, 2.45) is 0 Å². The van der Waals surface area contributed by atoms with Gasteiger partial charge in [0.15, 0.2) is 6.10 Å². The number of nitrogens with zero attached hydrogens (tertiary/aromatic N) is 1. The summed E-state index contributed by atoms with van der Waals surface area (Å²) in [6.45, 7) is 6.49. The summed E-state index contributed by atoms with van der Waals surface area (Å²) < 4.78 is 5.98. The van der Waals surface area contributed by atoms with Gasteiger partial charge in [0.1, 0.15) is 5.75 Å². The van der Waals surface area contributed by atoms with Crippen molar-refractivity contribution < 1.29 is 14.3 Å². The smallest absolute Gasteiger partial charge is 0.323 e. The number of anilines is 2. The summed E-state index contributed by atoms with van der Waals surface area (Å²) in [5.74, 6) is 0.683. The number of urea groups is 1. The first-order valence-electron chi connectivity index (χ1n) is 9.84. The van der Waals surface area contributed by atoms with Gasteiger partial charge in [0.2, 0.25) is 0 Å². The second-order valence-corrected chi connectivity index (χ2v) is 7.59. The molecule has 0 spiro atoms. The zero-order valence-electron chi connectivity index (χ0n) is 16.9. The highest BCUT2D eigenvalue weighted by Gasteiger charge is 2.32. The molecule has 0 aromatic heterocycles. The fraction of sp³-hybridized carbons (Fsp3) is 0.364. The molecule has 1 aliphatic heterocycles. The van der Waals surface area contributed by atoms with E-state index in [-0.39, 0.29) is 18.0 Å². The molecular weight excluding hydrogens is 390 g/mol. The number of amides is 3. The lowest BCUT2D eigenvalue weighted by molar-refractivity contribution is -0.140. The molecule has 6 nitrogen and oxygen atoms in total. The Morgan fingerprint density at radius 2 is 1.93 bits per heavy atom. The summed E-state index contributed by atoms with van der Waals surface area (Å²) in [5.41, 5.74) is 2.10. The van der Waals surface area contributed by atoms with Crippen LogP contribution in [-0.4, -0.2) is 29.0 Å². The van der Waals surface area contributed by atoms with Crippen LogP contribution in [0.5, 0.6) is 5.75 Å². The zero-order valence-corrected chi connectivity index (χ0v) is 17.6. The van der Waals surface area contributed by atoms with Gasteiger partial charge < -0.3 is 20.3 Å². The molecule has 0 saturated carbocycles. The Morgan fingerprint density at radius 1 is 1.21 bits per heavy atom. The van der Waals surface area contributed by atoms with Crippen LogP contribution in [0.25, 0.3) is 0 Å². The van der Waals surface area contributed by atoms with Crippen molar-refractivity contribution in [3.8, 4) is 5.75 Å². The molecule has 3 amide bonds. The molecule has 3 rings (SSSR count). The van der Waals surface area contributed by atoms with Crippen LogP contribution in [0.15, 0.2) is 42.5 Å². The molecule has 0 fully saturated rings. The summed E-state index contributed by atoms with van der Waals surface area (Å²) in [7, 11) is 0. The summed E-state index contributed by atoms with van der Waals surface area (Å²) in [6, 6.07) is 12.1. The van der Waals surface area contributed by atoms with Gasteiger partial charge in [-0.05, 0) is 56.2 Å². The average molecular weight is 416 g/mol. The first kappa shape index (κ1) is 21.0. The van der Waals surface area contributed by atoms with E-state index < -0.39 is 6.10 Å². The lowest BCUT2D eigenvalue weighted by Gasteiger charge is -2.28. The van der Waals surface area contributed by atoms with E-state index in [4.69, 9.17) is 16.3 Å². The Hall–Kier alpha value is -2.73. The second kappa shape index (κ2) is 9.18. The maximum absolute atomic E-state index is 12.8. The first-order chi connectivity index (χ1) is 13.9. The van der Waals surface area contributed by atoms with Gasteiger partial charge in [-0.15, -0.1) is 0 Å². The third kappa shape index (κ3) is 5.01. The number of carbonyl (C=O) groups excluding carboxylic acids is 2. The fourth-order valence-electron chi connectivity index (χ4n) is 3.26. The van der Waals surface area contributed by atoms with Crippen LogP contribution in [0.4, 0.5) is 16.2 Å². The maximum atomic E-state index is 12.8. The van der Waals surface area contributed by atoms with Crippen LogP contribution >= 0.6 is 11.6 Å². The molecule has 154 valence electrons. The predicted octanol–water partition coefficient (Wildman–Crippen LogP) is 5.28. The lowest BCUT2D eigenvalue weighted by atomic mass is 10.1. The van der Waals surface area contributed by atoms with Crippen molar-refractivity contribution in [2.75, 3.05) is 10.6 Å². The van der Waals surface area contributed by atoms with Crippen molar-refractivity contribution in [3.63, 3.8) is 0 Å². The van der Waals surface area contributed by atoms with Gasteiger partial charge in [0.05, 0.1) is 0 Å². The summed E-state index contributed by atoms with van der Waals surface area (Å²) >= 11 is 5.95. The van der Waals surface area contributed by atoms with Crippen LogP contribution < -0.4 is 15.4 Å². The van der Waals surface area contributed by atoms with Gasteiger partial charge in [-0.2, -0.15) is 0 Å². The minimum absolute atomic E-state index is 0.00579. The number of rotatable bonds is 5. The number of carbonyl (C=O) groups is 2. The highest BCUT2D eigenvalue weighted by Crippen LogP contribution is 2.30. The topological polar surface area (TPSA) is 70.7 Å². The van der Waals surface area contributed by atoms with Crippen LogP contribution in [0.2, 0.25) is 5.02 Å². The van der Waals surface area contributed by atoms with Crippen molar-refractivity contribution in [3.05, 3.63) is 53.1 Å². The molecule has 2 aromatic rings. The number of benzene rings is 2. The normalized spacial score (nSPS) is 17.0. The molecule has 0 aliphatic carbocycles. The van der Waals surface area contributed by atoms with E-state index >= 15 is 0 Å². The second-order valence-electron chi connectivity index (χ2n) is 7.15. The van der Waals surface area contributed by atoms with E-state index in [2.05, 4.69) is 17.6 Å². The van der Waals surface area contributed by atoms with Gasteiger partial charge >= 0.3 is 6.03 Å². The first-order valence-corrected chi connectivity index (χ1v) is 10.2. The molecule has 2 aromatic carbocycles. The quantitative estimate of drug-likeness (QED) is 0.697. The molecule has 2 atom stereocenters. The monoisotopic (exact) mass is 415 g/mol. The number of ether oxygens (including phenoxy) is 1. The minimum atomic E-state index is -0.491. The average Bonchev–Trinajstić information content (AvgIpc) is 2.83. The SMILES string of the molecule is CC[C@@H](C)N1Cc2cc(NC(=O)Nc3cccc(Cl)c3)ccc2O[C@H](CC)C1=O. The molecule has 0 unspecified atom stereocenters. The van der Waals surface area contributed by atoms with E-state index in [9.17, 15) is 9.59 Å². The third-order valence-corrected chi connectivity index (χ3v) is 5.30. The van der Waals surface area contributed by atoms with E-state index in [1.54, 1.807) is 36.4 Å². The van der Waals surface area contributed by atoms with Crippen LogP contribution in [0.3, 0.4) is 0 Å². The van der Waals surface area contributed by atoms with Gasteiger partial charge in [0.25, 0.3) is 5.91 Å². The Morgan fingerprint density at radius 3 is 2.59 bits per heavy atom. The molecule has 0 radical (unpaired) electrons. The van der Waals surface area contributed by atoms with Gasteiger partial charge in [-0.3, -0.25) is 4.79 Å². The molecule has 0 saturated heterocycles. The number of fused-ring (bicyclic) bond motifs is 1. The largest absolute Gasteiger partial charge is 0.480 e. The molecule has 0 bridgehead atoms. The van der Waals surface area contributed by atoms with Crippen molar-refractivity contribution in [1.29, 1.82) is 0 Å². The molecular formula is C22H26ClN3O3. The number of halogens is 1. The zero-order chi connectivity index (χ0) is 21.0. The van der Waals surface area contributed by atoms with Gasteiger partial charge in [0, 0.05) is 34.5 Å². The Kier molecular flexibility index (Phi) is 6.64. The highest BCUT2D eigenvalue weighted by atomic mass is 35.5. The van der Waals surface area contributed by atoms with E-state index in [0.29, 0.717) is 35.1 Å². The number of nitrogens with one attached hydrogen (secondary N) is 2. The predicted molar refractivity (Wildman–Crippen MR) is 116 cm³/mol. The van der Waals surface area contributed by atoms with E-state index in [1.807, 2.05) is 24.8 Å². The number of hydrogen-bond acceptors (Lipinski definition) is 3. The number of hydrogen-bond donors (Lipinski definition) is 2. The van der Waals surface area contributed by atoms with E-state index in [0.717, 1.165) is 12.0 Å². The standard InChI is InChI=1S/C22H26ClN3O3/c1-4-14(3)26-13-15-11-18(9-10-20(15)29-19(5-2)21(26)27)25-22(28)24-17-8-6-7-16(23)12-17/h6-12,14,19H,4-5,13H2,1-3H3,(H2,24,25,28)/t14-,19-/m1/s1. The van der Waals surface area contributed by atoms with E-state index in [1.165, 1.54) is 0 Å². The molecule has 2 N–H and O–H groups in total. The third-order valence-electron chi connectivity index (χ3n) is 5.06. The van der Waals surface area contributed by atoms with Crippen LogP contribution in [0, 0.1) is 0 Å². The summed E-state index contributed by atoms with van der Waals surface area (Å²) in [4.78, 5) is 27.0. The summed E-state index contributed by atoms with van der Waals surface area (Å²) in [6.07, 6.45) is 0.972. The Bertz CT molecular complexity index is 903. The highest BCUT2D eigenvalue weighted by molar-refractivity contribution is 6.30.